The SMILES string of the molecule is CNCCc1ccc(CN(C)Cc2ccncc2)cc1. The normalized spacial score (nSPS) is 10.9. The van der Waals surface area contributed by atoms with Crippen LogP contribution in [0.2, 0.25) is 0 Å². The number of benzene rings is 1. The molecule has 0 amide bonds. The molecule has 2 rings (SSSR count). The van der Waals surface area contributed by atoms with E-state index in [0.29, 0.717) is 0 Å². The van der Waals surface area contributed by atoms with Gasteiger partial charge in [0, 0.05) is 25.5 Å². The van der Waals surface area contributed by atoms with E-state index < -0.39 is 0 Å². The first-order chi connectivity index (χ1) is 9.78. The number of rotatable bonds is 7. The Balaban J connectivity index is 1.86. The second-order valence-corrected chi connectivity index (χ2v) is 5.20. The molecule has 1 aromatic heterocycles. The quantitative estimate of drug-likeness (QED) is 0.837. The van der Waals surface area contributed by atoms with Crippen molar-refractivity contribution in [1.29, 1.82) is 0 Å². The zero-order valence-corrected chi connectivity index (χ0v) is 12.3. The van der Waals surface area contributed by atoms with Gasteiger partial charge in [0.2, 0.25) is 0 Å². The van der Waals surface area contributed by atoms with Gasteiger partial charge in [-0.2, -0.15) is 0 Å². The van der Waals surface area contributed by atoms with Crippen LogP contribution in [0.5, 0.6) is 0 Å². The summed E-state index contributed by atoms with van der Waals surface area (Å²) in [7, 11) is 4.14. The van der Waals surface area contributed by atoms with Crippen LogP contribution in [0.15, 0.2) is 48.8 Å². The van der Waals surface area contributed by atoms with Crippen LogP contribution in [-0.2, 0) is 19.5 Å². The minimum absolute atomic E-state index is 0.948. The summed E-state index contributed by atoms with van der Waals surface area (Å²) < 4.78 is 0. The number of hydrogen-bond donors (Lipinski definition) is 1. The van der Waals surface area contributed by atoms with Crippen LogP contribution in [0, 0.1) is 0 Å². The summed E-state index contributed by atoms with van der Waals surface area (Å²) in [6.45, 7) is 2.94. The van der Waals surface area contributed by atoms with Gasteiger partial charge in [-0.3, -0.25) is 9.88 Å². The Hall–Kier alpha value is -1.71. The first-order valence-electron chi connectivity index (χ1n) is 7.08. The molecule has 0 bridgehead atoms. The third-order valence-electron chi connectivity index (χ3n) is 3.34. The molecule has 0 atom stereocenters. The summed E-state index contributed by atoms with van der Waals surface area (Å²) in [5.41, 5.74) is 4.04. The Bertz CT molecular complexity index is 493. The highest BCUT2D eigenvalue weighted by molar-refractivity contribution is 5.23. The van der Waals surface area contributed by atoms with E-state index in [2.05, 4.69) is 58.6 Å². The number of nitrogens with one attached hydrogen (secondary N) is 1. The minimum atomic E-state index is 0.948. The summed E-state index contributed by atoms with van der Waals surface area (Å²) in [5.74, 6) is 0. The summed E-state index contributed by atoms with van der Waals surface area (Å²) in [4.78, 5) is 6.36. The van der Waals surface area contributed by atoms with Crippen LogP contribution in [0.25, 0.3) is 0 Å². The lowest BCUT2D eigenvalue weighted by Crippen LogP contribution is -2.17. The number of aromatic nitrogens is 1. The molecule has 0 saturated carbocycles. The Labute approximate surface area is 121 Å². The molecule has 0 radical (unpaired) electrons. The van der Waals surface area contributed by atoms with Crippen molar-refractivity contribution < 1.29 is 0 Å². The second kappa shape index (κ2) is 7.78. The molecule has 3 nitrogen and oxygen atoms in total. The van der Waals surface area contributed by atoms with Gasteiger partial charge in [-0.1, -0.05) is 24.3 Å². The molecule has 1 heterocycles. The van der Waals surface area contributed by atoms with Gasteiger partial charge in [-0.05, 0) is 55.9 Å². The fourth-order valence-corrected chi connectivity index (χ4v) is 2.25. The zero-order chi connectivity index (χ0) is 14.2. The molecule has 20 heavy (non-hydrogen) atoms. The summed E-state index contributed by atoms with van der Waals surface area (Å²) in [6.07, 6.45) is 4.78. The second-order valence-electron chi connectivity index (χ2n) is 5.20. The molecular formula is C17H23N3. The number of pyridine rings is 1. The van der Waals surface area contributed by atoms with Gasteiger partial charge in [-0.25, -0.2) is 0 Å². The highest BCUT2D eigenvalue weighted by atomic mass is 15.1. The Morgan fingerprint density at radius 2 is 1.45 bits per heavy atom. The van der Waals surface area contributed by atoms with Crippen molar-refractivity contribution in [2.75, 3.05) is 20.6 Å². The van der Waals surface area contributed by atoms with Crippen LogP contribution in [-0.4, -0.2) is 30.5 Å². The lowest BCUT2D eigenvalue weighted by Gasteiger charge is -2.17. The van der Waals surface area contributed by atoms with Gasteiger partial charge in [0.1, 0.15) is 0 Å². The fraction of sp³-hybridized carbons (Fsp3) is 0.353. The van der Waals surface area contributed by atoms with Gasteiger partial charge < -0.3 is 5.32 Å². The smallest absolute Gasteiger partial charge is 0.0271 e. The summed E-state index contributed by atoms with van der Waals surface area (Å²) >= 11 is 0. The molecule has 0 aliphatic rings. The topological polar surface area (TPSA) is 28.2 Å². The first-order valence-corrected chi connectivity index (χ1v) is 7.08. The fourth-order valence-electron chi connectivity index (χ4n) is 2.25. The average molecular weight is 269 g/mol. The van der Waals surface area contributed by atoms with Gasteiger partial charge in [0.25, 0.3) is 0 Å². The minimum Gasteiger partial charge on any atom is -0.319 e. The predicted octanol–water partition coefficient (Wildman–Crippen LogP) is 2.48. The predicted molar refractivity (Wildman–Crippen MR) is 83.5 cm³/mol. The van der Waals surface area contributed by atoms with E-state index in [1.807, 2.05) is 19.4 Å². The molecule has 1 aromatic carbocycles. The number of hydrogen-bond acceptors (Lipinski definition) is 3. The molecule has 106 valence electrons. The molecule has 0 unspecified atom stereocenters. The van der Waals surface area contributed by atoms with Gasteiger partial charge in [-0.15, -0.1) is 0 Å². The molecule has 1 N–H and O–H groups in total. The lowest BCUT2D eigenvalue weighted by atomic mass is 10.1. The van der Waals surface area contributed by atoms with Crippen LogP contribution < -0.4 is 5.32 Å². The van der Waals surface area contributed by atoms with Gasteiger partial charge in [0.05, 0.1) is 0 Å². The van der Waals surface area contributed by atoms with Gasteiger partial charge >= 0.3 is 0 Å². The Morgan fingerprint density at radius 3 is 2.05 bits per heavy atom. The van der Waals surface area contributed by atoms with Crippen molar-refractivity contribution >= 4 is 0 Å². The average Bonchev–Trinajstić information content (AvgIpc) is 2.47. The van der Waals surface area contributed by atoms with Gasteiger partial charge in [0.15, 0.2) is 0 Å². The maximum atomic E-state index is 4.05. The third kappa shape index (κ3) is 4.76. The number of likely N-dealkylation sites (N-methyl/N-ethyl adjacent to an activating group) is 1. The maximum absolute atomic E-state index is 4.05. The van der Waals surface area contributed by atoms with Crippen LogP contribution >= 0.6 is 0 Å². The largest absolute Gasteiger partial charge is 0.319 e. The van der Waals surface area contributed by atoms with E-state index in [1.165, 1.54) is 16.7 Å². The molecule has 3 heteroatoms. The lowest BCUT2D eigenvalue weighted by molar-refractivity contribution is 0.319. The van der Waals surface area contributed by atoms with Crippen LogP contribution in [0.4, 0.5) is 0 Å². The molecule has 0 saturated heterocycles. The van der Waals surface area contributed by atoms with Crippen molar-refractivity contribution in [2.24, 2.45) is 0 Å². The molecule has 0 fully saturated rings. The van der Waals surface area contributed by atoms with Crippen molar-refractivity contribution in [1.82, 2.24) is 15.2 Å². The molecule has 0 aliphatic heterocycles. The highest BCUT2D eigenvalue weighted by Gasteiger charge is 2.02. The van der Waals surface area contributed by atoms with E-state index >= 15 is 0 Å². The van der Waals surface area contributed by atoms with Crippen molar-refractivity contribution in [3.63, 3.8) is 0 Å². The molecular weight excluding hydrogens is 246 g/mol. The molecule has 2 aromatic rings. The monoisotopic (exact) mass is 269 g/mol. The summed E-state index contributed by atoms with van der Waals surface area (Å²) in [5, 5.41) is 3.18. The van der Waals surface area contributed by atoms with Crippen molar-refractivity contribution in [2.45, 2.75) is 19.5 Å². The molecule has 0 aliphatic carbocycles. The standard InChI is InChI=1S/C17H23N3/c1-18-10-7-15-3-5-16(6-4-15)13-20(2)14-17-8-11-19-12-9-17/h3-6,8-9,11-12,18H,7,10,13-14H2,1-2H3. The van der Waals surface area contributed by atoms with E-state index in [-0.39, 0.29) is 0 Å². The highest BCUT2D eigenvalue weighted by Crippen LogP contribution is 2.09. The zero-order valence-electron chi connectivity index (χ0n) is 12.3. The third-order valence-corrected chi connectivity index (χ3v) is 3.34. The van der Waals surface area contributed by atoms with Crippen LogP contribution in [0.3, 0.4) is 0 Å². The van der Waals surface area contributed by atoms with E-state index in [4.69, 9.17) is 0 Å². The summed E-state index contributed by atoms with van der Waals surface area (Å²) in [6, 6.07) is 13.1. The van der Waals surface area contributed by atoms with Crippen molar-refractivity contribution in [3.05, 3.63) is 65.5 Å². The maximum Gasteiger partial charge on any atom is 0.0271 e. The van der Waals surface area contributed by atoms with E-state index in [0.717, 1.165) is 26.1 Å². The number of nitrogens with zero attached hydrogens (tertiary/aromatic N) is 2. The van der Waals surface area contributed by atoms with E-state index in [1.54, 1.807) is 0 Å². The van der Waals surface area contributed by atoms with Crippen LogP contribution in [0.1, 0.15) is 16.7 Å². The molecule has 0 spiro atoms. The Kier molecular flexibility index (Phi) is 5.71. The van der Waals surface area contributed by atoms with Crippen molar-refractivity contribution in [3.8, 4) is 0 Å². The Morgan fingerprint density at radius 1 is 0.900 bits per heavy atom. The van der Waals surface area contributed by atoms with E-state index in [9.17, 15) is 0 Å². The first kappa shape index (κ1) is 14.7.